The lowest BCUT2D eigenvalue weighted by molar-refractivity contribution is 0.102. The summed E-state index contributed by atoms with van der Waals surface area (Å²) in [4.78, 5) is 15.8. The number of amides is 1. The van der Waals surface area contributed by atoms with Gasteiger partial charge in [-0.2, -0.15) is 0 Å². The van der Waals surface area contributed by atoms with Crippen molar-refractivity contribution < 1.29 is 9.90 Å². The minimum Gasteiger partial charge on any atom is -0.508 e. The second-order valence-electron chi connectivity index (χ2n) is 7.12. The zero-order valence-electron chi connectivity index (χ0n) is 15.6. The average molecular weight is 392 g/mol. The summed E-state index contributed by atoms with van der Waals surface area (Å²) in [6, 6.07) is 14.8. The molecule has 0 atom stereocenters. The van der Waals surface area contributed by atoms with Gasteiger partial charge in [-0.15, -0.1) is 10.2 Å². The number of phenols is 1. The van der Waals surface area contributed by atoms with Crippen LogP contribution >= 0.6 is 11.3 Å². The van der Waals surface area contributed by atoms with E-state index < -0.39 is 0 Å². The highest BCUT2D eigenvalue weighted by Crippen LogP contribution is 2.29. The van der Waals surface area contributed by atoms with Crippen molar-refractivity contribution in [2.45, 2.75) is 20.3 Å². The number of H-pyrrole nitrogens is 1. The highest BCUT2D eigenvalue weighted by atomic mass is 32.1. The van der Waals surface area contributed by atoms with Crippen molar-refractivity contribution in [1.82, 2.24) is 15.2 Å². The maximum Gasteiger partial charge on any atom is 0.273 e. The van der Waals surface area contributed by atoms with E-state index in [2.05, 4.69) is 46.5 Å². The van der Waals surface area contributed by atoms with Crippen molar-refractivity contribution in [2.75, 3.05) is 5.32 Å². The molecular weight excluding hydrogens is 372 g/mol. The van der Waals surface area contributed by atoms with Crippen molar-refractivity contribution in [2.24, 2.45) is 5.92 Å². The fraction of sp³-hybridized carbons (Fsp3) is 0.190. The van der Waals surface area contributed by atoms with Crippen molar-refractivity contribution >= 4 is 33.3 Å². The SMILES string of the molecule is CC(C)Cc1ccc2cc(C(=O)Nc3nnc(-c4cccc(O)c4)s3)[nH]c2c1. The van der Waals surface area contributed by atoms with Crippen LogP contribution in [0.2, 0.25) is 0 Å². The first-order chi connectivity index (χ1) is 13.5. The second kappa shape index (κ2) is 7.44. The number of carbonyl (C=O) groups excluding carboxylic acids is 1. The van der Waals surface area contributed by atoms with Crippen molar-refractivity contribution in [3.63, 3.8) is 0 Å². The fourth-order valence-corrected chi connectivity index (χ4v) is 3.82. The topological polar surface area (TPSA) is 90.9 Å². The molecule has 0 aliphatic rings. The first-order valence-corrected chi connectivity index (χ1v) is 9.85. The molecule has 0 saturated heterocycles. The summed E-state index contributed by atoms with van der Waals surface area (Å²) in [5, 5.41) is 22.5. The number of nitrogens with zero attached hydrogens (tertiary/aromatic N) is 2. The van der Waals surface area contributed by atoms with Gasteiger partial charge >= 0.3 is 0 Å². The maximum absolute atomic E-state index is 12.6. The minimum absolute atomic E-state index is 0.160. The van der Waals surface area contributed by atoms with Gasteiger partial charge in [0.1, 0.15) is 16.5 Å². The van der Waals surface area contributed by atoms with Crippen LogP contribution in [0.5, 0.6) is 5.75 Å². The van der Waals surface area contributed by atoms with E-state index in [0.29, 0.717) is 21.8 Å². The summed E-state index contributed by atoms with van der Waals surface area (Å²) in [7, 11) is 0. The smallest absolute Gasteiger partial charge is 0.273 e. The number of phenolic OH excluding ortho intramolecular Hbond substituents is 1. The number of aromatic nitrogens is 3. The number of carbonyl (C=O) groups is 1. The van der Waals surface area contributed by atoms with Gasteiger partial charge in [-0.1, -0.05) is 49.4 Å². The average Bonchev–Trinajstić information content (AvgIpc) is 3.27. The number of aromatic hydroxyl groups is 1. The molecule has 142 valence electrons. The summed E-state index contributed by atoms with van der Waals surface area (Å²) < 4.78 is 0. The van der Waals surface area contributed by atoms with Crippen LogP contribution in [0, 0.1) is 5.92 Å². The van der Waals surface area contributed by atoms with Gasteiger partial charge < -0.3 is 10.1 Å². The number of fused-ring (bicyclic) bond motifs is 1. The standard InChI is InChI=1S/C21H20N4O2S/c1-12(2)8-13-6-7-14-11-18(22-17(14)9-13)19(27)23-21-25-24-20(28-21)15-4-3-5-16(26)10-15/h3-7,9-12,22,26H,8H2,1-2H3,(H,23,25,27). The first kappa shape index (κ1) is 18.2. The minimum atomic E-state index is -0.264. The first-order valence-electron chi connectivity index (χ1n) is 9.04. The van der Waals surface area contributed by atoms with E-state index in [0.717, 1.165) is 22.9 Å². The Hall–Kier alpha value is -3.19. The van der Waals surface area contributed by atoms with Crippen LogP contribution in [-0.2, 0) is 6.42 Å². The number of nitrogens with one attached hydrogen (secondary N) is 2. The number of benzene rings is 2. The lowest BCUT2D eigenvalue weighted by Gasteiger charge is -2.04. The number of rotatable bonds is 5. The van der Waals surface area contributed by atoms with Crippen LogP contribution in [0.15, 0.2) is 48.5 Å². The molecule has 0 fully saturated rings. The molecule has 6 nitrogen and oxygen atoms in total. The second-order valence-corrected chi connectivity index (χ2v) is 8.10. The van der Waals surface area contributed by atoms with Gasteiger partial charge in [-0.3, -0.25) is 10.1 Å². The number of aromatic amines is 1. The zero-order valence-corrected chi connectivity index (χ0v) is 16.4. The molecule has 1 amide bonds. The molecule has 2 aromatic heterocycles. The molecular formula is C21H20N4O2S. The summed E-state index contributed by atoms with van der Waals surface area (Å²) in [5.41, 5.74) is 3.42. The Bertz CT molecular complexity index is 1150. The van der Waals surface area contributed by atoms with E-state index in [9.17, 15) is 9.90 Å². The third-order valence-electron chi connectivity index (χ3n) is 4.31. The van der Waals surface area contributed by atoms with Crippen LogP contribution in [0.1, 0.15) is 29.9 Å². The van der Waals surface area contributed by atoms with Gasteiger partial charge in [0, 0.05) is 16.5 Å². The molecule has 4 rings (SSSR count). The Balaban J connectivity index is 1.52. The number of anilines is 1. The Kier molecular flexibility index (Phi) is 4.83. The number of hydrogen-bond acceptors (Lipinski definition) is 5. The van der Waals surface area contributed by atoms with Gasteiger partial charge in [0.2, 0.25) is 5.13 Å². The Labute approximate surface area is 166 Å². The highest BCUT2D eigenvalue weighted by Gasteiger charge is 2.14. The van der Waals surface area contributed by atoms with Gasteiger partial charge in [-0.05, 0) is 42.2 Å². The van der Waals surface area contributed by atoms with Crippen molar-refractivity contribution in [1.29, 1.82) is 0 Å². The van der Waals surface area contributed by atoms with Crippen LogP contribution in [0.4, 0.5) is 5.13 Å². The molecule has 7 heteroatoms. The molecule has 0 saturated carbocycles. The zero-order chi connectivity index (χ0) is 19.7. The van der Waals surface area contributed by atoms with Crippen LogP contribution < -0.4 is 5.32 Å². The Morgan fingerprint density at radius 1 is 1.18 bits per heavy atom. The molecule has 0 aliphatic heterocycles. The van der Waals surface area contributed by atoms with E-state index >= 15 is 0 Å². The summed E-state index contributed by atoms with van der Waals surface area (Å²) >= 11 is 1.25. The van der Waals surface area contributed by atoms with Gasteiger partial charge in [0.15, 0.2) is 0 Å². The molecule has 0 radical (unpaired) electrons. The molecule has 0 unspecified atom stereocenters. The third kappa shape index (κ3) is 3.89. The molecule has 0 spiro atoms. The third-order valence-corrected chi connectivity index (χ3v) is 5.20. The normalized spacial score (nSPS) is 11.2. The van der Waals surface area contributed by atoms with Crippen LogP contribution in [-0.4, -0.2) is 26.2 Å². The molecule has 3 N–H and O–H groups in total. The predicted octanol–water partition coefficient (Wildman–Crippen LogP) is 4.84. The Morgan fingerprint density at radius 3 is 2.82 bits per heavy atom. The highest BCUT2D eigenvalue weighted by molar-refractivity contribution is 7.18. The molecule has 28 heavy (non-hydrogen) atoms. The summed E-state index contributed by atoms with van der Waals surface area (Å²) in [6.07, 6.45) is 0.999. The Morgan fingerprint density at radius 2 is 2.04 bits per heavy atom. The van der Waals surface area contributed by atoms with E-state index in [-0.39, 0.29) is 11.7 Å². The van der Waals surface area contributed by atoms with Crippen molar-refractivity contribution in [3.8, 4) is 16.3 Å². The quantitative estimate of drug-likeness (QED) is 0.453. The lowest BCUT2D eigenvalue weighted by Crippen LogP contribution is -2.11. The van der Waals surface area contributed by atoms with E-state index in [1.165, 1.54) is 16.9 Å². The molecule has 2 aromatic carbocycles. The molecule has 4 aromatic rings. The largest absolute Gasteiger partial charge is 0.508 e. The maximum atomic E-state index is 12.6. The number of hydrogen-bond donors (Lipinski definition) is 3. The predicted molar refractivity (Wildman–Crippen MR) is 112 cm³/mol. The summed E-state index contributed by atoms with van der Waals surface area (Å²) in [5.74, 6) is 0.474. The van der Waals surface area contributed by atoms with E-state index in [1.807, 2.05) is 18.2 Å². The van der Waals surface area contributed by atoms with E-state index in [4.69, 9.17) is 0 Å². The lowest BCUT2D eigenvalue weighted by atomic mass is 10.0. The van der Waals surface area contributed by atoms with Gasteiger partial charge in [-0.25, -0.2) is 0 Å². The summed E-state index contributed by atoms with van der Waals surface area (Å²) in [6.45, 7) is 4.37. The van der Waals surface area contributed by atoms with Gasteiger partial charge in [0.25, 0.3) is 5.91 Å². The van der Waals surface area contributed by atoms with Crippen molar-refractivity contribution in [3.05, 3.63) is 59.8 Å². The molecule has 0 aliphatic carbocycles. The molecule has 0 bridgehead atoms. The molecule has 2 heterocycles. The monoisotopic (exact) mass is 392 g/mol. The van der Waals surface area contributed by atoms with Crippen LogP contribution in [0.25, 0.3) is 21.5 Å². The van der Waals surface area contributed by atoms with Gasteiger partial charge in [0.05, 0.1) is 0 Å². The fourth-order valence-electron chi connectivity index (χ4n) is 3.09. The van der Waals surface area contributed by atoms with Crippen LogP contribution in [0.3, 0.4) is 0 Å². The van der Waals surface area contributed by atoms with E-state index in [1.54, 1.807) is 18.2 Å².